The van der Waals surface area contributed by atoms with Crippen LogP contribution in [0.15, 0.2) is 33.6 Å². The highest BCUT2D eigenvalue weighted by molar-refractivity contribution is 5.78. The molecule has 5 heteroatoms. The van der Waals surface area contributed by atoms with Crippen LogP contribution in [0.5, 0.6) is 0 Å². The van der Waals surface area contributed by atoms with Crippen LogP contribution in [0.1, 0.15) is 5.82 Å². The van der Waals surface area contributed by atoms with Gasteiger partial charge >= 0.3 is 5.76 Å². The van der Waals surface area contributed by atoms with Crippen LogP contribution in [0.25, 0.3) is 22.4 Å². The van der Waals surface area contributed by atoms with Gasteiger partial charge < -0.3 is 9.40 Å². The Bertz CT molecular complexity index is 705. The first-order valence-electron chi connectivity index (χ1n) is 4.87. The number of aromatic nitrogens is 3. The second-order valence-corrected chi connectivity index (χ2v) is 3.61. The number of hydrogen-bond donors (Lipinski definition) is 2. The van der Waals surface area contributed by atoms with Gasteiger partial charge in [0, 0.05) is 5.56 Å². The summed E-state index contributed by atoms with van der Waals surface area (Å²) in [4.78, 5) is 20.8. The lowest BCUT2D eigenvalue weighted by Crippen LogP contribution is -1.92. The molecule has 3 rings (SSSR count). The third-order valence-corrected chi connectivity index (χ3v) is 2.43. The predicted octanol–water partition coefficient (Wildman–Crippen LogP) is 1.82. The fourth-order valence-electron chi connectivity index (χ4n) is 1.68. The topological polar surface area (TPSA) is 74.7 Å². The number of hydrogen-bond acceptors (Lipinski definition) is 3. The van der Waals surface area contributed by atoms with Crippen molar-refractivity contribution in [2.75, 3.05) is 0 Å². The number of nitrogens with one attached hydrogen (secondary N) is 2. The first kappa shape index (κ1) is 8.96. The van der Waals surface area contributed by atoms with Crippen molar-refractivity contribution < 1.29 is 4.42 Å². The summed E-state index contributed by atoms with van der Waals surface area (Å²) in [5.41, 5.74) is 3.10. The first-order chi connectivity index (χ1) is 7.72. The summed E-state index contributed by atoms with van der Waals surface area (Å²) < 4.78 is 4.99. The lowest BCUT2D eigenvalue weighted by Gasteiger charge is -1.95. The van der Waals surface area contributed by atoms with Crippen molar-refractivity contribution in [1.82, 2.24) is 15.0 Å². The summed E-state index contributed by atoms with van der Waals surface area (Å²) in [6, 6.07) is 5.52. The second kappa shape index (κ2) is 3.10. The van der Waals surface area contributed by atoms with E-state index in [9.17, 15) is 4.79 Å². The van der Waals surface area contributed by atoms with Crippen molar-refractivity contribution >= 4 is 11.1 Å². The summed E-state index contributed by atoms with van der Waals surface area (Å²) in [7, 11) is 0. The van der Waals surface area contributed by atoms with Crippen molar-refractivity contribution in [3.05, 3.63) is 40.8 Å². The molecule has 0 fully saturated rings. The zero-order valence-corrected chi connectivity index (χ0v) is 8.57. The van der Waals surface area contributed by atoms with Crippen LogP contribution in [0.2, 0.25) is 0 Å². The van der Waals surface area contributed by atoms with E-state index in [4.69, 9.17) is 4.42 Å². The Labute approximate surface area is 90.1 Å². The molecule has 0 saturated heterocycles. The standard InChI is InChI=1S/C11H9N3O2/c1-6-12-5-9(13-6)7-2-3-8-10(4-7)16-11(15)14-8/h2-5H,1H3,(H,12,13)(H,14,15). The number of aryl methyl sites for hydroxylation is 1. The zero-order chi connectivity index (χ0) is 11.1. The van der Waals surface area contributed by atoms with E-state index in [1.165, 1.54) is 0 Å². The van der Waals surface area contributed by atoms with E-state index in [2.05, 4.69) is 15.0 Å². The first-order valence-corrected chi connectivity index (χ1v) is 4.87. The lowest BCUT2D eigenvalue weighted by molar-refractivity contribution is 0.555. The van der Waals surface area contributed by atoms with Crippen LogP contribution in [-0.4, -0.2) is 15.0 Å². The SMILES string of the molecule is Cc1ncc(-c2ccc3[nH]c(=O)oc3c2)[nH]1. The van der Waals surface area contributed by atoms with E-state index in [-0.39, 0.29) is 0 Å². The molecule has 0 amide bonds. The molecule has 3 aromatic rings. The van der Waals surface area contributed by atoms with E-state index in [1.807, 2.05) is 19.1 Å². The van der Waals surface area contributed by atoms with Gasteiger partial charge in [-0.25, -0.2) is 9.78 Å². The summed E-state index contributed by atoms with van der Waals surface area (Å²) in [6.07, 6.45) is 1.75. The molecular formula is C11H9N3O2. The second-order valence-electron chi connectivity index (χ2n) is 3.61. The molecule has 2 heterocycles. The van der Waals surface area contributed by atoms with Gasteiger partial charge in [-0.05, 0) is 19.1 Å². The molecule has 0 radical (unpaired) electrons. The third-order valence-electron chi connectivity index (χ3n) is 2.43. The molecule has 0 atom stereocenters. The van der Waals surface area contributed by atoms with E-state index in [0.717, 1.165) is 17.1 Å². The molecule has 0 aliphatic heterocycles. The van der Waals surface area contributed by atoms with Gasteiger partial charge in [0.05, 0.1) is 17.4 Å². The van der Waals surface area contributed by atoms with Gasteiger partial charge in [-0.1, -0.05) is 6.07 Å². The molecule has 0 bridgehead atoms. The predicted molar refractivity (Wildman–Crippen MR) is 59.2 cm³/mol. The third kappa shape index (κ3) is 1.33. The normalized spacial score (nSPS) is 11.1. The van der Waals surface area contributed by atoms with Crippen molar-refractivity contribution in [1.29, 1.82) is 0 Å². The maximum Gasteiger partial charge on any atom is 0.417 e. The number of aromatic amines is 2. The van der Waals surface area contributed by atoms with E-state index >= 15 is 0 Å². The Balaban J connectivity index is 2.21. The maximum absolute atomic E-state index is 11.0. The van der Waals surface area contributed by atoms with Crippen molar-refractivity contribution in [3.63, 3.8) is 0 Å². The summed E-state index contributed by atoms with van der Waals surface area (Å²) in [5.74, 6) is 0.415. The Kier molecular flexibility index (Phi) is 1.73. The average Bonchev–Trinajstić information content (AvgIpc) is 2.81. The molecule has 0 aliphatic rings. The number of rotatable bonds is 1. The number of benzene rings is 1. The average molecular weight is 215 g/mol. The Morgan fingerprint density at radius 3 is 2.94 bits per heavy atom. The van der Waals surface area contributed by atoms with Crippen LogP contribution in [-0.2, 0) is 0 Å². The van der Waals surface area contributed by atoms with Crippen molar-refractivity contribution in [2.45, 2.75) is 6.92 Å². The van der Waals surface area contributed by atoms with Crippen molar-refractivity contribution in [2.24, 2.45) is 0 Å². The molecule has 5 nitrogen and oxygen atoms in total. The highest BCUT2D eigenvalue weighted by atomic mass is 16.4. The van der Waals surface area contributed by atoms with E-state index in [0.29, 0.717) is 11.1 Å². The maximum atomic E-state index is 11.0. The molecule has 0 unspecified atom stereocenters. The molecule has 0 spiro atoms. The van der Waals surface area contributed by atoms with Crippen LogP contribution < -0.4 is 5.76 Å². The number of nitrogens with zero attached hydrogens (tertiary/aromatic N) is 1. The number of H-pyrrole nitrogens is 2. The van der Waals surface area contributed by atoms with Gasteiger partial charge in [-0.3, -0.25) is 4.98 Å². The zero-order valence-electron chi connectivity index (χ0n) is 8.57. The monoisotopic (exact) mass is 215 g/mol. The van der Waals surface area contributed by atoms with Crippen LogP contribution >= 0.6 is 0 Å². The van der Waals surface area contributed by atoms with Crippen LogP contribution in [0.3, 0.4) is 0 Å². The number of fused-ring (bicyclic) bond motifs is 1. The van der Waals surface area contributed by atoms with Gasteiger partial charge in [0.25, 0.3) is 0 Å². The molecule has 16 heavy (non-hydrogen) atoms. The van der Waals surface area contributed by atoms with Gasteiger partial charge in [0.15, 0.2) is 5.58 Å². The Morgan fingerprint density at radius 2 is 2.19 bits per heavy atom. The molecular weight excluding hydrogens is 206 g/mol. The van der Waals surface area contributed by atoms with Crippen LogP contribution in [0, 0.1) is 6.92 Å². The molecule has 2 aromatic heterocycles. The summed E-state index contributed by atoms with van der Waals surface area (Å²) in [6.45, 7) is 1.89. The highest BCUT2D eigenvalue weighted by Crippen LogP contribution is 2.21. The van der Waals surface area contributed by atoms with E-state index < -0.39 is 5.76 Å². The van der Waals surface area contributed by atoms with Gasteiger partial charge in [0.1, 0.15) is 5.82 Å². The Hall–Kier alpha value is -2.30. The molecule has 80 valence electrons. The van der Waals surface area contributed by atoms with Gasteiger partial charge in [0.2, 0.25) is 0 Å². The summed E-state index contributed by atoms with van der Waals surface area (Å²) >= 11 is 0. The molecule has 2 N–H and O–H groups in total. The fraction of sp³-hybridized carbons (Fsp3) is 0.0909. The number of oxazole rings is 1. The smallest absolute Gasteiger partial charge is 0.408 e. The quantitative estimate of drug-likeness (QED) is 0.650. The largest absolute Gasteiger partial charge is 0.417 e. The lowest BCUT2D eigenvalue weighted by atomic mass is 10.1. The van der Waals surface area contributed by atoms with Crippen molar-refractivity contribution in [3.8, 4) is 11.3 Å². The van der Waals surface area contributed by atoms with Gasteiger partial charge in [-0.2, -0.15) is 0 Å². The number of imidazole rings is 1. The fourth-order valence-corrected chi connectivity index (χ4v) is 1.68. The minimum Gasteiger partial charge on any atom is -0.408 e. The Morgan fingerprint density at radius 1 is 1.31 bits per heavy atom. The molecule has 0 saturated carbocycles. The van der Waals surface area contributed by atoms with Crippen LogP contribution in [0.4, 0.5) is 0 Å². The highest BCUT2D eigenvalue weighted by Gasteiger charge is 2.05. The van der Waals surface area contributed by atoms with Gasteiger partial charge in [-0.15, -0.1) is 0 Å². The minimum atomic E-state index is -0.437. The molecule has 0 aliphatic carbocycles. The van der Waals surface area contributed by atoms with E-state index in [1.54, 1.807) is 12.3 Å². The minimum absolute atomic E-state index is 0.437. The summed E-state index contributed by atoms with van der Waals surface area (Å²) in [5, 5.41) is 0. The molecule has 1 aromatic carbocycles.